The highest BCUT2D eigenvalue weighted by Crippen LogP contribution is 2.18. The van der Waals surface area contributed by atoms with Gasteiger partial charge in [0, 0.05) is 5.56 Å². The fourth-order valence-corrected chi connectivity index (χ4v) is 2.11. The second-order valence-electron chi connectivity index (χ2n) is 3.38. The van der Waals surface area contributed by atoms with Gasteiger partial charge < -0.3 is 0 Å². The summed E-state index contributed by atoms with van der Waals surface area (Å²) in [6.45, 7) is 2.07. The van der Waals surface area contributed by atoms with E-state index in [0.717, 1.165) is 6.42 Å². The minimum atomic E-state index is -0.120. The number of hydrogen-bond donors (Lipinski definition) is 2. The fraction of sp³-hybridized carbons (Fsp3) is 0.273. The minimum absolute atomic E-state index is 0.120. The third-order valence-electron chi connectivity index (χ3n) is 2.19. The molecule has 1 aliphatic rings. The van der Waals surface area contributed by atoms with Gasteiger partial charge in [-0.25, -0.2) is 0 Å². The first kappa shape index (κ1) is 11.0. The largest absolute Gasteiger partial charge is 0.300 e. The van der Waals surface area contributed by atoms with Crippen LogP contribution in [-0.2, 0) is 0 Å². The Morgan fingerprint density at radius 1 is 1.50 bits per heavy atom. The molecule has 1 unspecified atom stereocenters. The van der Waals surface area contributed by atoms with Gasteiger partial charge in [0.05, 0.1) is 5.37 Å². The molecule has 0 saturated heterocycles. The number of benzene rings is 1. The molecule has 0 aliphatic carbocycles. The number of nitrogens with zero attached hydrogens (tertiary/aromatic N) is 1. The van der Waals surface area contributed by atoms with Crippen molar-refractivity contribution in [2.45, 2.75) is 18.7 Å². The van der Waals surface area contributed by atoms with Crippen LogP contribution in [0.4, 0.5) is 0 Å². The molecule has 1 heterocycles. The Bertz CT molecular complexity index is 405. The molecule has 84 valence electrons. The van der Waals surface area contributed by atoms with Crippen LogP contribution in [0, 0.1) is 0 Å². The average Bonchev–Trinajstić information content (AvgIpc) is 2.78. The minimum Gasteiger partial charge on any atom is -0.300 e. The number of amidine groups is 1. The first-order chi connectivity index (χ1) is 7.79. The van der Waals surface area contributed by atoms with Crippen LogP contribution in [0.25, 0.3) is 0 Å². The topological polar surface area (TPSA) is 53.5 Å². The van der Waals surface area contributed by atoms with Crippen molar-refractivity contribution in [3.63, 3.8) is 0 Å². The number of amides is 1. The van der Waals surface area contributed by atoms with Crippen LogP contribution < -0.4 is 10.7 Å². The summed E-state index contributed by atoms with van der Waals surface area (Å²) in [4.78, 5) is 11.8. The molecule has 0 saturated carbocycles. The predicted octanol–water partition coefficient (Wildman–Crippen LogP) is 1.76. The zero-order valence-electron chi connectivity index (χ0n) is 8.93. The maximum absolute atomic E-state index is 11.8. The van der Waals surface area contributed by atoms with E-state index in [1.807, 2.05) is 18.2 Å². The van der Waals surface area contributed by atoms with E-state index in [0.29, 0.717) is 10.7 Å². The third-order valence-corrected chi connectivity index (χ3v) is 3.33. The molecule has 0 fully saturated rings. The molecule has 0 aromatic heterocycles. The molecule has 1 amide bonds. The molecular formula is C11H13N3OS. The summed E-state index contributed by atoms with van der Waals surface area (Å²) in [5.41, 5.74) is 3.59. The highest BCUT2D eigenvalue weighted by Gasteiger charge is 2.19. The van der Waals surface area contributed by atoms with Gasteiger partial charge in [-0.1, -0.05) is 36.9 Å². The van der Waals surface area contributed by atoms with Crippen molar-refractivity contribution in [3.05, 3.63) is 35.9 Å². The van der Waals surface area contributed by atoms with Gasteiger partial charge >= 0.3 is 0 Å². The van der Waals surface area contributed by atoms with E-state index >= 15 is 0 Å². The molecule has 2 N–H and O–H groups in total. The van der Waals surface area contributed by atoms with E-state index in [1.165, 1.54) is 0 Å². The van der Waals surface area contributed by atoms with Crippen LogP contribution in [0.1, 0.15) is 23.7 Å². The SMILES string of the molecule is CCC1NN=C(NC(=O)c2ccccc2)S1. The van der Waals surface area contributed by atoms with Gasteiger partial charge in [0.2, 0.25) is 0 Å². The number of hydrazone groups is 1. The lowest BCUT2D eigenvalue weighted by atomic mass is 10.2. The zero-order chi connectivity index (χ0) is 11.4. The Labute approximate surface area is 98.5 Å². The summed E-state index contributed by atoms with van der Waals surface area (Å²) in [5, 5.41) is 7.73. The van der Waals surface area contributed by atoms with Crippen LogP contribution in [0.3, 0.4) is 0 Å². The molecule has 1 aromatic carbocycles. The summed E-state index contributed by atoms with van der Waals surface area (Å²) in [5.74, 6) is -0.120. The van der Waals surface area contributed by atoms with Gasteiger partial charge in [-0.15, -0.1) is 0 Å². The van der Waals surface area contributed by atoms with Crippen molar-refractivity contribution in [1.29, 1.82) is 0 Å². The lowest BCUT2D eigenvalue weighted by Crippen LogP contribution is -2.27. The van der Waals surface area contributed by atoms with E-state index in [9.17, 15) is 4.79 Å². The van der Waals surface area contributed by atoms with Gasteiger partial charge in [0.1, 0.15) is 0 Å². The molecule has 16 heavy (non-hydrogen) atoms. The maximum atomic E-state index is 11.8. The number of carbonyl (C=O) groups is 1. The summed E-state index contributed by atoms with van der Waals surface area (Å²) in [7, 11) is 0. The standard InChI is InChI=1S/C11H13N3OS/c1-2-9-13-14-11(16-9)12-10(15)8-6-4-3-5-7-8/h3-7,9,13H,2H2,1H3,(H,12,14,15). The van der Waals surface area contributed by atoms with Crippen molar-refractivity contribution >= 4 is 22.8 Å². The number of nitrogens with one attached hydrogen (secondary N) is 2. The molecule has 0 spiro atoms. The van der Waals surface area contributed by atoms with E-state index in [4.69, 9.17) is 0 Å². The first-order valence-corrected chi connectivity index (χ1v) is 6.04. The maximum Gasteiger partial charge on any atom is 0.257 e. The molecule has 1 aromatic rings. The molecule has 2 rings (SSSR count). The predicted molar refractivity (Wildman–Crippen MR) is 66.1 cm³/mol. The van der Waals surface area contributed by atoms with Gasteiger partial charge in [0.15, 0.2) is 5.17 Å². The Balaban J connectivity index is 1.94. The molecule has 1 atom stereocenters. The van der Waals surface area contributed by atoms with Crippen LogP contribution >= 0.6 is 11.8 Å². The molecular weight excluding hydrogens is 222 g/mol. The first-order valence-electron chi connectivity index (χ1n) is 5.16. The van der Waals surface area contributed by atoms with Crippen LogP contribution in [0.15, 0.2) is 35.4 Å². The second-order valence-corrected chi connectivity index (χ2v) is 4.57. The van der Waals surface area contributed by atoms with Gasteiger partial charge in [-0.3, -0.25) is 15.5 Å². The quantitative estimate of drug-likeness (QED) is 0.821. The van der Waals surface area contributed by atoms with Crippen molar-refractivity contribution in [2.24, 2.45) is 5.10 Å². The zero-order valence-corrected chi connectivity index (χ0v) is 9.75. The van der Waals surface area contributed by atoms with Crippen molar-refractivity contribution in [1.82, 2.24) is 10.7 Å². The smallest absolute Gasteiger partial charge is 0.257 e. The monoisotopic (exact) mass is 235 g/mol. The number of carbonyl (C=O) groups excluding carboxylic acids is 1. The molecule has 0 radical (unpaired) electrons. The van der Waals surface area contributed by atoms with Gasteiger partial charge in [-0.2, -0.15) is 5.10 Å². The van der Waals surface area contributed by atoms with Crippen LogP contribution in [-0.4, -0.2) is 16.4 Å². The van der Waals surface area contributed by atoms with Crippen molar-refractivity contribution in [2.75, 3.05) is 0 Å². The van der Waals surface area contributed by atoms with Gasteiger partial charge in [0.25, 0.3) is 5.91 Å². The van der Waals surface area contributed by atoms with E-state index in [1.54, 1.807) is 23.9 Å². The van der Waals surface area contributed by atoms with E-state index in [2.05, 4.69) is 22.8 Å². The van der Waals surface area contributed by atoms with Crippen molar-refractivity contribution < 1.29 is 4.79 Å². The fourth-order valence-electron chi connectivity index (χ4n) is 1.31. The Hall–Kier alpha value is -1.49. The van der Waals surface area contributed by atoms with Gasteiger partial charge in [-0.05, 0) is 18.6 Å². The third kappa shape index (κ3) is 2.55. The highest BCUT2D eigenvalue weighted by atomic mass is 32.2. The summed E-state index contributed by atoms with van der Waals surface area (Å²) >= 11 is 1.54. The molecule has 4 nitrogen and oxygen atoms in total. The lowest BCUT2D eigenvalue weighted by Gasteiger charge is -2.04. The number of thioether (sulfide) groups is 1. The second kappa shape index (κ2) is 5.03. The Kier molecular flexibility index (Phi) is 3.46. The normalized spacial score (nSPS) is 18.8. The summed E-state index contributed by atoms with van der Waals surface area (Å²) in [6.07, 6.45) is 0.971. The van der Waals surface area contributed by atoms with Crippen molar-refractivity contribution in [3.8, 4) is 0 Å². The summed E-state index contributed by atoms with van der Waals surface area (Å²) < 4.78 is 0. The lowest BCUT2D eigenvalue weighted by molar-refractivity contribution is 0.0978. The van der Waals surface area contributed by atoms with E-state index < -0.39 is 0 Å². The highest BCUT2D eigenvalue weighted by molar-refractivity contribution is 8.14. The summed E-state index contributed by atoms with van der Waals surface area (Å²) in [6, 6.07) is 9.12. The molecule has 0 bridgehead atoms. The van der Waals surface area contributed by atoms with Crippen LogP contribution in [0.2, 0.25) is 0 Å². The number of hydrogen-bond acceptors (Lipinski definition) is 4. The number of rotatable bonds is 2. The molecule has 1 aliphatic heterocycles. The Morgan fingerprint density at radius 2 is 2.25 bits per heavy atom. The molecule has 5 heteroatoms. The Morgan fingerprint density at radius 3 is 2.88 bits per heavy atom. The van der Waals surface area contributed by atoms with Crippen LogP contribution in [0.5, 0.6) is 0 Å². The van der Waals surface area contributed by atoms with E-state index in [-0.39, 0.29) is 11.3 Å². The average molecular weight is 235 g/mol.